The Bertz CT molecular complexity index is 1680. The third-order valence-electron chi connectivity index (χ3n) is 8.02. The molecule has 1 fully saturated rings. The van der Waals surface area contributed by atoms with Crippen LogP contribution in [0.5, 0.6) is 5.75 Å². The zero-order valence-corrected chi connectivity index (χ0v) is 26.6. The molecule has 46 heavy (non-hydrogen) atoms. The highest BCUT2D eigenvalue weighted by Gasteiger charge is 2.34. The maximum absolute atomic E-state index is 13.7. The van der Waals surface area contributed by atoms with Gasteiger partial charge in [-0.05, 0) is 80.5 Å². The molecule has 2 heterocycles. The number of aryl methyl sites for hydroxylation is 2. The summed E-state index contributed by atoms with van der Waals surface area (Å²) in [4.78, 5) is 68.8. The number of ether oxygens (including phenoxy) is 2. The number of carbonyl (C=O) groups is 5. The van der Waals surface area contributed by atoms with Crippen molar-refractivity contribution in [3.63, 3.8) is 0 Å². The smallest absolute Gasteiger partial charge is 0.339 e. The second-order valence-corrected chi connectivity index (χ2v) is 12.0. The van der Waals surface area contributed by atoms with Crippen molar-refractivity contribution in [2.45, 2.75) is 59.0 Å². The Balaban J connectivity index is 1.50. The van der Waals surface area contributed by atoms with Crippen molar-refractivity contribution < 1.29 is 33.4 Å². The van der Waals surface area contributed by atoms with E-state index >= 15 is 0 Å². The number of aromatic nitrogens is 1. The molecule has 3 amide bonds. The number of carbonyl (C=O) groups excluding carboxylic acids is 5. The average Bonchev–Trinajstić information content (AvgIpc) is 3.64. The number of nitriles is 1. The van der Waals surface area contributed by atoms with E-state index in [4.69, 9.17) is 9.47 Å². The van der Waals surface area contributed by atoms with E-state index in [2.05, 4.69) is 20.9 Å². The number of rotatable bonds is 13. The van der Waals surface area contributed by atoms with Gasteiger partial charge in [-0.25, -0.2) is 4.79 Å². The number of hydrogen-bond donors (Lipinski definition) is 4. The van der Waals surface area contributed by atoms with Gasteiger partial charge in [0.25, 0.3) is 5.91 Å². The Labute approximate surface area is 267 Å². The van der Waals surface area contributed by atoms with E-state index in [0.29, 0.717) is 46.3 Å². The number of fused-ring (bicyclic) bond motifs is 1. The molecule has 1 saturated heterocycles. The Hall–Kier alpha value is -5.18. The second kappa shape index (κ2) is 14.7. The van der Waals surface area contributed by atoms with Crippen molar-refractivity contribution in [1.29, 1.82) is 5.26 Å². The minimum absolute atomic E-state index is 0.00698. The third-order valence-corrected chi connectivity index (χ3v) is 8.02. The second-order valence-electron chi connectivity index (χ2n) is 12.0. The van der Waals surface area contributed by atoms with Crippen LogP contribution in [0.3, 0.4) is 0 Å². The minimum atomic E-state index is -1.15. The lowest BCUT2D eigenvalue weighted by Crippen LogP contribution is -2.53. The van der Waals surface area contributed by atoms with Gasteiger partial charge >= 0.3 is 5.97 Å². The van der Waals surface area contributed by atoms with Gasteiger partial charge in [-0.3, -0.25) is 19.2 Å². The Kier molecular flexibility index (Phi) is 10.8. The minimum Gasteiger partial charge on any atom is -0.496 e. The quantitative estimate of drug-likeness (QED) is 0.208. The van der Waals surface area contributed by atoms with E-state index in [-0.39, 0.29) is 35.9 Å². The topological polar surface area (TPSA) is 179 Å². The van der Waals surface area contributed by atoms with E-state index in [0.717, 1.165) is 0 Å². The summed E-state index contributed by atoms with van der Waals surface area (Å²) < 4.78 is 10.7. The summed E-state index contributed by atoms with van der Waals surface area (Å²) in [7, 11) is 1.54. The van der Waals surface area contributed by atoms with Gasteiger partial charge in [-0.1, -0.05) is 19.9 Å². The molecule has 12 nitrogen and oxygen atoms in total. The van der Waals surface area contributed by atoms with Crippen LogP contribution >= 0.6 is 0 Å². The molecular weight excluding hydrogens is 590 g/mol. The number of Topliss-reactive ketones (excluding diaryl/α,β-unsaturated/α-hetero) is 1. The lowest BCUT2D eigenvalue weighted by Gasteiger charge is -2.25. The number of H-pyrrole nitrogens is 1. The van der Waals surface area contributed by atoms with Crippen LogP contribution in [0, 0.1) is 37.0 Å². The molecule has 4 N–H and O–H groups in total. The van der Waals surface area contributed by atoms with Crippen LogP contribution in [0.4, 0.5) is 0 Å². The number of esters is 1. The molecule has 4 rings (SSSR count). The molecule has 3 atom stereocenters. The summed E-state index contributed by atoms with van der Waals surface area (Å²) in [5.41, 5.74) is 2.63. The fourth-order valence-electron chi connectivity index (χ4n) is 5.72. The van der Waals surface area contributed by atoms with Crippen molar-refractivity contribution >= 4 is 40.4 Å². The first-order valence-electron chi connectivity index (χ1n) is 15.2. The molecule has 1 aliphatic rings. The molecule has 12 heteroatoms. The largest absolute Gasteiger partial charge is 0.496 e. The summed E-state index contributed by atoms with van der Waals surface area (Å²) in [6, 6.07) is 10.0. The molecule has 2 aromatic carbocycles. The molecule has 0 saturated carbocycles. The van der Waals surface area contributed by atoms with Gasteiger partial charge in [0.15, 0.2) is 12.4 Å². The fraction of sp³-hybridized carbons (Fsp3) is 0.412. The number of methoxy groups -OCH3 is 1. The number of benzene rings is 2. The fourth-order valence-corrected chi connectivity index (χ4v) is 5.72. The van der Waals surface area contributed by atoms with Crippen molar-refractivity contribution in [1.82, 2.24) is 20.9 Å². The maximum Gasteiger partial charge on any atom is 0.339 e. The van der Waals surface area contributed by atoms with E-state index in [9.17, 15) is 29.2 Å². The van der Waals surface area contributed by atoms with Gasteiger partial charge in [0, 0.05) is 23.4 Å². The Morgan fingerprint density at radius 2 is 1.78 bits per heavy atom. The molecule has 0 bridgehead atoms. The summed E-state index contributed by atoms with van der Waals surface area (Å²) in [6.45, 7) is 6.95. The van der Waals surface area contributed by atoms with Crippen molar-refractivity contribution in [3.05, 3.63) is 64.3 Å². The summed E-state index contributed by atoms with van der Waals surface area (Å²) in [5, 5.41) is 18.2. The van der Waals surface area contributed by atoms with Gasteiger partial charge in [0.05, 0.1) is 30.3 Å². The first-order chi connectivity index (χ1) is 21.9. The SMILES string of the molecule is COc1cccc2[nH]c(C(=O)N[C@@H](CC(C)C)C(=O)N[C@@H](C[C@@H]3CCNC3=O)C(=O)COC(=O)c3c(C)cc(C#N)cc3C)cc12. The first kappa shape index (κ1) is 33.7. The molecule has 0 radical (unpaired) electrons. The summed E-state index contributed by atoms with van der Waals surface area (Å²) >= 11 is 0. The molecule has 1 aromatic heterocycles. The van der Waals surface area contributed by atoms with Crippen LogP contribution in [0.1, 0.15) is 70.6 Å². The van der Waals surface area contributed by atoms with Gasteiger partial charge in [-0.2, -0.15) is 5.26 Å². The lowest BCUT2D eigenvalue weighted by atomic mass is 9.95. The first-order valence-corrected chi connectivity index (χ1v) is 15.2. The molecule has 242 valence electrons. The highest BCUT2D eigenvalue weighted by Crippen LogP contribution is 2.26. The number of ketones is 1. The summed E-state index contributed by atoms with van der Waals surface area (Å²) in [6.07, 6.45) is 0.767. The van der Waals surface area contributed by atoms with Gasteiger partial charge < -0.3 is 30.4 Å². The van der Waals surface area contributed by atoms with Crippen LogP contribution in [-0.4, -0.2) is 66.8 Å². The van der Waals surface area contributed by atoms with Gasteiger partial charge in [0.1, 0.15) is 17.5 Å². The molecule has 0 aliphatic carbocycles. The highest BCUT2D eigenvalue weighted by atomic mass is 16.5. The van der Waals surface area contributed by atoms with E-state index in [1.165, 1.54) is 7.11 Å². The summed E-state index contributed by atoms with van der Waals surface area (Å²) in [5.74, 6) is -2.60. The number of nitrogens with zero attached hydrogens (tertiary/aromatic N) is 1. The van der Waals surface area contributed by atoms with E-state index in [1.807, 2.05) is 19.9 Å². The monoisotopic (exact) mass is 629 g/mol. The highest BCUT2D eigenvalue weighted by molar-refractivity contribution is 6.02. The van der Waals surface area contributed by atoms with E-state index < -0.39 is 48.2 Å². The van der Waals surface area contributed by atoms with Crippen molar-refractivity contribution in [3.8, 4) is 11.8 Å². The van der Waals surface area contributed by atoms with Crippen LogP contribution in [0.25, 0.3) is 10.9 Å². The molecule has 0 unspecified atom stereocenters. The third kappa shape index (κ3) is 7.90. The standard InChI is InChI=1S/C34H39N5O7/c1-18(2)11-26(39-33(43)27-15-23-24(37-27)7-6-8-29(23)45-5)32(42)38-25(14-22-9-10-36-31(22)41)28(40)17-46-34(44)30-19(3)12-21(16-35)13-20(30)4/h6-8,12-13,15,18,22,25-26,37H,9-11,14,17H2,1-5H3,(H,36,41)(H,38,42)(H,39,43)/t22-,25-,26-/m0/s1. The zero-order valence-electron chi connectivity index (χ0n) is 26.6. The van der Waals surface area contributed by atoms with E-state index in [1.54, 1.807) is 50.2 Å². The zero-order chi connectivity index (χ0) is 33.5. The van der Waals surface area contributed by atoms with Crippen LogP contribution in [-0.2, 0) is 19.1 Å². The average molecular weight is 630 g/mol. The number of hydrogen-bond acceptors (Lipinski definition) is 8. The molecule has 3 aromatic rings. The lowest BCUT2D eigenvalue weighted by molar-refractivity contribution is -0.131. The van der Waals surface area contributed by atoms with Crippen molar-refractivity contribution in [2.24, 2.45) is 11.8 Å². The van der Waals surface area contributed by atoms with Crippen LogP contribution in [0.2, 0.25) is 0 Å². The Morgan fingerprint density at radius 3 is 2.39 bits per heavy atom. The maximum atomic E-state index is 13.7. The predicted molar refractivity (Wildman–Crippen MR) is 169 cm³/mol. The normalized spacial score (nSPS) is 15.5. The predicted octanol–water partition coefficient (Wildman–Crippen LogP) is 3.25. The van der Waals surface area contributed by atoms with Crippen LogP contribution in [0.15, 0.2) is 36.4 Å². The van der Waals surface area contributed by atoms with Gasteiger partial charge in [-0.15, -0.1) is 0 Å². The number of aromatic amines is 1. The number of amides is 3. The molecular formula is C34H39N5O7. The van der Waals surface area contributed by atoms with Crippen molar-refractivity contribution in [2.75, 3.05) is 20.3 Å². The number of nitrogens with one attached hydrogen (secondary N) is 4. The Morgan fingerprint density at radius 1 is 1.07 bits per heavy atom. The van der Waals surface area contributed by atoms with Crippen LogP contribution < -0.4 is 20.7 Å². The molecule has 1 aliphatic heterocycles. The van der Waals surface area contributed by atoms with Gasteiger partial charge in [0.2, 0.25) is 11.8 Å². The molecule has 0 spiro atoms.